The summed E-state index contributed by atoms with van der Waals surface area (Å²) in [6.45, 7) is 0.333. The highest BCUT2D eigenvalue weighted by atomic mass is 35.5. The molecule has 31 heavy (non-hydrogen) atoms. The molecule has 4 aromatic rings. The van der Waals surface area contributed by atoms with E-state index >= 15 is 0 Å². The van der Waals surface area contributed by atoms with Crippen molar-refractivity contribution in [3.8, 4) is 28.6 Å². The van der Waals surface area contributed by atoms with Gasteiger partial charge >= 0.3 is 0 Å². The monoisotopic (exact) mass is 436 g/mol. The fraction of sp³-hybridized carbons (Fsp3) is 0.167. The molecule has 0 atom stereocenters. The van der Waals surface area contributed by atoms with Gasteiger partial charge in [-0.1, -0.05) is 35.9 Å². The van der Waals surface area contributed by atoms with Crippen LogP contribution in [0, 0.1) is 0 Å². The van der Waals surface area contributed by atoms with Gasteiger partial charge in [-0.2, -0.15) is 0 Å². The van der Waals surface area contributed by atoms with Gasteiger partial charge in [0.25, 0.3) is 5.56 Å². The third-order valence-electron chi connectivity index (χ3n) is 5.04. The van der Waals surface area contributed by atoms with Crippen LogP contribution in [0.5, 0.6) is 17.2 Å². The topological polar surface area (TPSA) is 62.6 Å². The molecule has 0 bridgehead atoms. The molecule has 0 fully saturated rings. The summed E-state index contributed by atoms with van der Waals surface area (Å²) < 4.78 is 18.1. The van der Waals surface area contributed by atoms with Gasteiger partial charge in [-0.15, -0.1) is 0 Å². The third kappa shape index (κ3) is 3.94. The minimum absolute atomic E-state index is 0.135. The Morgan fingerprint density at radius 1 is 0.903 bits per heavy atom. The summed E-state index contributed by atoms with van der Waals surface area (Å²) in [5.74, 6) is 1.94. The molecule has 7 heteroatoms. The van der Waals surface area contributed by atoms with Gasteiger partial charge in [0.15, 0.2) is 11.5 Å². The number of hydrogen-bond acceptors (Lipinski definition) is 5. The summed E-state index contributed by atoms with van der Waals surface area (Å²) in [6, 6.07) is 18.3. The average molecular weight is 437 g/mol. The van der Waals surface area contributed by atoms with Crippen LogP contribution in [0.4, 0.5) is 0 Å². The molecule has 0 saturated carbocycles. The predicted octanol–water partition coefficient (Wildman–Crippen LogP) is 4.79. The van der Waals surface area contributed by atoms with E-state index < -0.39 is 0 Å². The molecule has 0 saturated heterocycles. The minimum Gasteiger partial charge on any atom is -0.493 e. The smallest absolute Gasteiger partial charge is 0.261 e. The number of methoxy groups -OCH3 is 3. The largest absolute Gasteiger partial charge is 0.493 e. The van der Waals surface area contributed by atoms with E-state index in [2.05, 4.69) is 0 Å². The Labute approximate surface area is 184 Å². The molecular weight excluding hydrogens is 416 g/mol. The molecule has 158 valence electrons. The van der Waals surface area contributed by atoms with E-state index in [0.717, 1.165) is 5.56 Å². The van der Waals surface area contributed by atoms with Gasteiger partial charge in [0.05, 0.1) is 38.8 Å². The number of halogens is 1. The quantitative estimate of drug-likeness (QED) is 0.435. The maximum atomic E-state index is 13.4. The summed E-state index contributed by atoms with van der Waals surface area (Å²) in [4.78, 5) is 18.2. The van der Waals surface area contributed by atoms with Gasteiger partial charge in [0, 0.05) is 10.6 Å². The predicted molar refractivity (Wildman–Crippen MR) is 122 cm³/mol. The molecular formula is C24H21ClN2O4. The first-order valence-electron chi connectivity index (χ1n) is 9.60. The molecule has 1 heterocycles. The van der Waals surface area contributed by atoms with Crippen molar-refractivity contribution in [2.75, 3.05) is 21.3 Å². The lowest BCUT2D eigenvalue weighted by Gasteiger charge is -2.17. The van der Waals surface area contributed by atoms with E-state index in [1.54, 1.807) is 56.2 Å². The van der Waals surface area contributed by atoms with Crippen LogP contribution in [0.3, 0.4) is 0 Å². The normalized spacial score (nSPS) is 10.8. The Morgan fingerprint density at radius 3 is 2.16 bits per heavy atom. The maximum Gasteiger partial charge on any atom is 0.261 e. The molecule has 0 unspecified atom stereocenters. The Bertz CT molecular complexity index is 1270. The zero-order valence-electron chi connectivity index (χ0n) is 17.4. The van der Waals surface area contributed by atoms with Crippen LogP contribution in [0.2, 0.25) is 5.02 Å². The molecule has 0 aliphatic heterocycles. The van der Waals surface area contributed by atoms with Crippen molar-refractivity contribution in [2.45, 2.75) is 6.54 Å². The van der Waals surface area contributed by atoms with Gasteiger partial charge in [0.1, 0.15) is 5.82 Å². The molecule has 0 spiro atoms. The second-order valence-electron chi connectivity index (χ2n) is 6.88. The maximum absolute atomic E-state index is 13.4. The molecule has 1 aromatic heterocycles. The van der Waals surface area contributed by atoms with Crippen molar-refractivity contribution < 1.29 is 14.2 Å². The summed E-state index contributed by atoms with van der Waals surface area (Å²) in [6.07, 6.45) is 0. The van der Waals surface area contributed by atoms with E-state index in [9.17, 15) is 4.79 Å². The Balaban J connectivity index is 1.98. The van der Waals surface area contributed by atoms with Gasteiger partial charge in [-0.05, 0) is 42.0 Å². The first-order chi connectivity index (χ1) is 15.0. The first kappa shape index (κ1) is 20.8. The number of ether oxygens (including phenoxy) is 3. The Morgan fingerprint density at radius 2 is 1.55 bits per heavy atom. The molecule has 4 rings (SSSR count). The van der Waals surface area contributed by atoms with Crippen molar-refractivity contribution in [1.82, 2.24) is 9.55 Å². The van der Waals surface area contributed by atoms with Crippen LogP contribution in [0.15, 0.2) is 65.5 Å². The number of aromatic nitrogens is 2. The second-order valence-corrected chi connectivity index (χ2v) is 7.32. The highest BCUT2D eigenvalue weighted by Gasteiger charge is 2.19. The number of benzene rings is 3. The molecule has 6 nitrogen and oxygen atoms in total. The van der Waals surface area contributed by atoms with Gasteiger partial charge in [0.2, 0.25) is 5.75 Å². The van der Waals surface area contributed by atoms with Gasteiger partial charge in [-0.3, -0.25) is 9.36 Å². The van der Waals surface area contributed by atoms with Crippen molar-refractivity contribution >= 4 is 22.5 Å². The van der Waals surface area contributed by atoms with Crippen LogP contribution in [-0.2, 0) is 6.54 Å². The van der Waals surface area contributed by atoms with Crippen molar-refractivity contribution in [3.63, 3.8) is 0 Å². The fourth-order valence-electron chi connectivity index (χ4n) is 3.52. The van der Waals surface area contributed by atoms with Crippen LogP contribution in [0.25, 0.3) is 22.3 Å². The molecule has 0 N–H and O–H groups in total. The lowest BCUT2D eigenvalue weighted by molar-refractivity contribution is 0.324. The average Bonchev–Trinajstić information content (AvgIpc) is 2.81. The van der Waals surface area contributed by atoms with Crippen molar-refractivity contribution in [3.05, 3.63) is 81.6 Å². The number of fused-ring (bicyclic) bond motifs is 1. The lowest BCUT2D eigenvalue weighted by atomic mass is 10.1. The summed E-state index contributed by atoms with van der Waals surface area (Å²) in [5, 5.41) is 1.19. The Kier molecular flexibility index (Phi) is 5.82. The van der Waals surface area contributed by atoms with Crippen molar-refractivity contribution in [2.24, 2.45) is 0 Å². The summed E-state index contributed by atoms with van der Waals surface area (Å²) in [5.41, 5.74) is 2.08. The van der Waals surface area contributed by atoms with E-state index in [-0.39, 0.29) is 5.56 Å². The minimum atomic E-state index is -0.135. The highest BCUT2D eigenvalue weighted by molar-refractivity contribution is 6.30. The van der Waals surface area contributed by atoms with E-state index in [1.165, 1.54) is 0 Å². The molecule has 0 aliphatic rings. The van der Waals surface area contributed by atoms with E-state index in [0.29, 0.717) is 51.1 Å². The van der Waals surface area contributed by atoms with E-state index in [1.807, 2.05) is 30.3 Å². The second kappa shape index (κ2) is 8.70. The van der Waals surface area contributed by atoms with E-state index in [4.69, 9.17) is 30.8 Å². The molecule has 0 radical (unpaired) electrons. The highest BCUT2D eigenvalue weighted by Crippen LogP contribution is 2.40. The fourth-order valence-corrected chi connectivity index (χ4v) is 3.64. The number of hydrogen-bond donors (Lipinski definition) is 0. The van der Waals surface area contributed by atoms with Crippen molar-refractivity contribution in [1.29, 1.82) is 0 Å². The molecule has 0 amide bonds. The van der Waals surface area contributed by atoms with Gasteiger partial charge in [-0.25, -0.2) is 4.98 Å². The molecule has 3 aromatic carbocycles. The first-order valence-corrected chi connectivity index (χ1v) is 9.98. The third-order valence-corrected chi connectivity index (χ3v) is 5.29. The van der Waals surface area contributed by atoms with Crippen LogP contribution >= 0.6 is 11.6 Å². The standard InChI is InChI=1S/C24H21ClN2O4/c1-29-20-12-16(13-21(30-2)22(20)31-3)23-26-19-7-5-4-6-18(19)24(28)27(23)14-15-8-10-17(25)11-9-15/h4-13H,14H2,1-3H3. The molecule has 0 aliphatic carbocycles. The number of para-hydroxylation sites is 1. The zero-order valence-corrected chi connectivity index (χ0v) is 18.1. The number of nitrogens with zero attached hydrogens (tertiary/aromatic N) is 2. The van der Waals surface area contributed by atoms with Crippen LogP contribution in [-0.4, -0.2) is 30.9 Å². The summed E-state index contributed by atoms with van der Waals surface area (Å²) in [7, 11) is 4.65. The van der Waals surface area contributed by atoms with Crippen LogP contribution in [0.1, 0.15) is 5.56 Å². The Hall–Kier alpha value is -3.51. The number of rotatable bonds is 6. The lowest BCUT2D eigenvalue weighted by Crippen LogP contribution is -2.24. The SMILES string of the molecule is COc1cc(-c2nc3ccccc3c(=O)n2Cc2ccc(Cl)cc2)cc(OC)c1OC. The van der Waals surface area contributed by atoms with Gasteiger partial charge < -0.3 is 14.2 Å². The van der Waals surface area contributed by atoms with Crippen LogP contribution < -0.4 is 19.8 Å². The summed E-state index contributed by atoms with van der Waals surface area (Å²) >= 11 is 6.03. The zero-order chi connectivity index (χ0) is 22.0.